The van der Waals surface area contributed by atoms with Crippen molar-refractivity contribution in [3.63, 3.8) is 0 Å². The number of anilines is 1. The molecular weight excluding hydrogens is 326 g/mol. The molecule has 0 radical (unpaired) electrons. The highest BCUT2D eigenvalue weighted by atomic mass is 79.9. The number of thiazole rings is 1. The Hall–Kier alpha value is -0.980. The van der Waals surface area contributed by atoms with Crippen molar-refractivity contribution in [2.24, 2.45) is 0 Å². The third kappa shape index (κ3) is 3.24. The minimum Gasteiger partial charge on any atom is -0.298 e. The molecule has 0 spiro atoms. The second-order valence-corrected chi connectivity index (χ2v) is 6.04. The Kier molecular flexibility index (Phi) is 3.76. The SMILES string of the molecule is Cc1cc(C(=O)Nc2ncc(Br)s2)cc(Cl)n1. The lowest BCUT2D eigenvalue weighted by Crippen LogP contribution is -2.12. The van der Waals surface area contributed by atoms with E-state index in [9.17, 15) is 4.79 Å². The number of hydrogen-bond acceptors (Lipinski definition) is 4. The van der Waals surface area contributed by atoms with E-state index in [4.69, 9.17) is 11.6 Å². The molecule has 0 aliphatic carbocycles. The number of rotatable bonds is 2. The molecule has 0 aliphatic rings. The van der Waals surface area contributed by atoms with E-state index in [0.717, 1.165) is 3.79 Å². The van der Waals surface area contributed by atoms with Gasteiger partial charge in [-0.2, -0.15) is 0 Å². The zero-order chi connectivity index (χ0) is 12.4. The normalized spacial score (nSPS) is 10.3. The fourth-order valence-electron chi connectivity index (χ4n) is 1.24. The fraction of sp³-hybridized carbons (Fsp3) is 0.100. The van der Waals surface area contributed by atoms with Crippen LogP contribution < -0.4 is 5.32 Å². The molecule has 0 aliphatic heterocycles. The summed E-state index contributed by atoms with van der Waals surface area (Å²) in [5.41, 5.74) is 1.16. The van der Waals surface area contributed by atoms with Gasteiger partial charge in [-0.05, 0) is 35.0 Å². The smallest absolute Gasteiger partial charge is 0.257 e. The Morgan fingerprint density at radius 1 is 1.53 bits per heavy atom. The highest BCUT2D eigenvalue weighted by Crippen LogP contribution is 2.23. The summed E-state index contributed by atoms with van der Waals surface area (Å²) in [6, 6.07) is 3.19. The molecule has 0 saturated carbocycles. The van der Waals surface area contributed by atoms with E-state index in [2.05, 4.69) is 31.2 Å². The summed E-state index contributed by atoms with van der Waals surface area (Å²) in [7, 11) is 0. The van der Waals surface area contributed by atoms with Crippen molar-refractivity contribution in [1.82, 2.24) is 9.97 Å². The van der Waals surface area contributed by atoms with Crippen molar-refractivity contribution in [2.75, 3.05) is 5.32 Å². The van der Waals surface area contributed by atoms with Gasteiger partial charge in [-0.1, -0.05) is 22.9 Å². The first kappa shape index (κ1) is 12.5. The molecule has 1 N–H and O–H groups in total. The molecule has 17 heavy (non-hydrogen) atoms. The number of pyridine rings is 1. The van der Waals surface area contributed by atoms with Crippen LogP contribution in [0, 0.1) is 6.92 Å². The summed E-state index contributed by atoms with van der Waals surface area (Å²) >= 11 is 10.4. The van der Waals surface area contributed by atoms with Crippen molar-refractivity contribution < 1.29 is 4.79 Å². The van der Waals surface area contributed by atoms with Crippen molar-refractivity contribution in [3.8, 4) is 0 Å². The summed E-state index contributed by atoms with van der Waals surface area (Å²) in [6.45, 7) is 1.78. The van der Waals surface area contributed by atoms with E-state index >= 15 is 0 Å². The fourth-order valence-corrected chi connectivity index (χ4v) is 2.59. The molecule has 1 amide bonds. The molecule has 88 valence electrons. The Morgan fingerprint density at radius 3 is 2.88 bits per heavy atom. The number of carbonyl (C=O) groups excluding carboxylic acids is 1. The maximum atomic E-state index is 11.9. The first-order valence-corrected chi connectivity index (χ1v) is 6.60. The number of nitrogens with zero attached hydrogens (tertiary/aromatic N) is 2. The molecule has 4 nitrogen and oxygen atoms in total. The topological polar surface area (TPSA) is 54.9 Å². The van der Waals surface area contributed by atoms with Gasteiger partial charge in [-0.15, -0.1) is 0 Å². The molecular formula is C10H7BrClN3OS. The zero-order valence-electron chi connectivity index (χ0n) is 8.70. The number of nitrogens with one attached hydrogen (secondary N) is 1. The second-order valence-electron chi connectivity index (χ2n) is 3.24. The molecule has 2 aromatic heterocycles. The van der Waals surface area contributed by atoms with Crippen molar-refractivity contribution >= 4 is 49.9 Å². The minimum absolute atomic E-state index is 0.251. The second kappa shape index (κ2) is 5.12. The lowest BCUT2D eigenvalue weighted by molar-refractivity contribution is 0.102. The van der Waals surface area contributed by atoms with Gasteiger partial charge in [-0.3, -0.25) is 10.1 Å². The van der Waals surface area contributed by atoms with Gasteiger partial charge in [0, 0.05) is 11.3 Å². The van der Waals surface area contributed by atoms with Crippen LogP contribution in [0.5, 0.6) is 0 Å². The third-order valence-corrected chi connectivity index (χ3v) is 3.47. The van der Waals surface area contributed by atoms with Gasteiger partial charge in [0.15, 0.2) is 5.13 Å². The molecule has 0 fully saturated rings. The van der Waals surface area contributed by atoms with Crippen molar-refractivity contribution in [1.29, 1.82) is 0 Å². The van der Waals surface area contributed by atoms with E-state index in [1.54, 1.807) is 19.2 Å². The summed E-state index contributed by atoms with van der Waals surface area (Å²) in [6.07, 6.45) is 1.63. The van der Waals surface area contributed by atoms with Crippen LogP contribution in [0.1, 0.15) is 16.1 Å². The van der Waals surface area contributed by atoms with Gasteiger partial charge in [-0.25, -0.2) is 9.97 Å². The molecule has 7 heteroatoms. The van der Waals surface area contributed by atoms with Crippen LogP contribution in [0.15, 0.2) is 22.1 Å². The van der Waals surface area contributed by atoms with E-state index < -0.39 is 0 Å². The lowest BCUT2D eigenvalue weighted by Gasteiger charge is -2.03. The predicted molar refractivity (Wildman–Crippen MR) is 71.8 cm³/mol. The van der Waals surface area contributed by atoms with Crippen LogP contribution in [0.3, 0.4) is 0 Å². The van der Waals surface area contributed by atoms with E-state index in [0.29, 0.717) is 21.5 Å². The Morgan fingerprint density at radius 2 is 2.29 bits per heavy atom. The highest BCUT2D eigenvalue weighted by Gasteiger charge is 2.10. The molecule has 0 aromatic carbocycles. The molecule has 0 saturated heterocycles. The summed E-state index contributed by atoms with van der Waals surface area (Å²) in [5.74, 6) is -0.251. The average Bonchev–Trinajstić information content (AvgIpc) is 2.62. The van der Waals surface area contributed by atoms with Crippen molar-refractivity contribution in [2.45, 2.75) is 6.92 Å². The minimum atomic E-state index is -0.251. The number of aromatic nitrogens is 2. The zero-order valence-corrected chi connectivity index (χ0v) is 11.9. The average molecular weight is 333 g/mol. The number of carbonyl (C=O) groups is 1. The summed E-state index contributed by atoms with van der Waals surface area (Å²) in [5, 5.41) is 3.52. The number of hydrogen-bond donors (Lipinski definition) is 1. The molecule has 2 aromatic rings. The number of halogens is 2. The van der Waals surface area contributed by atoms with Gasteiger partial charge in [0.2, 0.25) is 0 Å². The van der Waals surface area contributed by atoms with Crippen LogP contribution in [-0.2, 0) is 0 Å². The van der Waals surface area contributed by atoms with Gasteiger partial charge >= 0.3 is 0 Å². The van der Waals surface area contributed by atoms with Gasteiger partial charge < -0.3 is 0 Å². The van der Waals surface area contributed by atoms with E-state index in [1.165, 1.54) is 17.4 Å². The quantitative estimate of drug-likeness (QED) is 0.856. The Balaban J connectivity index is 2.19. The third-order valence-electron chi connectivity index (χ3n) is 1.88. The van der Waals surface area contributed by atoms with Crippen LogP contribution in [0.2, 0.25) is 5.15 Å². The largest absolute Gasteiger partial charge is 0.298 e. The first-order valence-electron chi connectivity index (χ1n) is 4.61. The van der Waals surface area contributed by atoms with Crippen LogP contribution in [0.4, 0.5) is 5.13 Å². The standard InChI is InChI=1S/C10H7BrClN3OS/c1-5-2-6(3-8(12)14-5)9(16)15-10-13-4-7(11)17-10/h2-4H,1H3,(H,13,15,16). The van der Waals surface area contributed by atoms with E-state index in [-0.39, 0.29) is 5.91 Å². The monoisotopic (exact) mass is 331 g/mol. The van der Waals surface area contributed by atoms with Crippen LogP contribution >= 0.6 is 38.9 Å². The van der Waals surface area contributed by atoms with Crippen LogP contribution in [0.25, 0.3) is 0 Å². The Labute approximate surface area is 115 Å². The lowest BCUT2D eigenvalue weighted by atomic mass is 10.2. The summed E-state index contributed by atoms with van der Waals surface area (Å²) < 4.78 is 0.858. The van der Waals surface area contributed by atoms with Crippen molar-refractivity contribution in [3.05, 3.63) is 38.5 Å². The number of aryl methyl sites for hydroxylation is 1. The first-order chi connectivity index (χ1) is 8.04. The molecule has 0 atom stereocenters. The predicted octanol–water partition coefficient (Wildman–Crippen LogP) is 3.51. The van der Waals surface area contributed by atoms with Gasteiger partial charge in [0.1, 0.15) is 5.15 Å². The van der Waals surface area contributed by atoms with E-state index in [1.807, 2.05) is 0 Å². The van der Waals surface area contributed by atoms with Crippen LogP contribution in [-0.4, -0.2) is 15.9 Å². The Bertz CT molecular complexity index is 552. The highest BCUT2D eigenvalue weighted by molar-refractivity contribution is 9.11. The van der Waals surface area contributed by atoms with Gasteiger partial charge in [0.25, 0.3) is 5.91 Å². The molecule has 2 heterocycles. The molecule has 2 rings (SSSR count). The molecule has 0 bridgehead atoms. The number of amides is 1. The van der Waals surface area contributed by atoms with Gasteiger partial charge in [0.05, 0.1) is 9.98 Å². The molecule has 0 unspecified atom stereocenters. The maximum Gasteiger partial charge on any atom is 0.257 e. The maximum absolute atomic E-state index is 11.9. The summed E-state index contributed by atoms with van der Waals surface area (Å²) in [4.78, 5) is 19.9.